The van der Waals surface area contributed by atoms with Gasteiger partial charge in [-0.15, -0.1) is 0 Å². The predicted octanol–water partition coefficient (Wildman–Crippen LogP) is 3.56. The number of unbranched alkanes of at least 4 members (excludes halogenated alkanes) is 1. The van der Waals surface area contributed by atoms with E-state index in [1.54, 1.807) is 0 Å². The third-order valence-electron chi connectivity index (χ3n) is 4.28. The summed E-state index contributed by atoms with van der Waals surface area (Å²) < 4.78 is 0. The summed E-state index contributed by atoms with van der Waals surface area (Å²) in [6, 6.07) is 10.5. The maximum atomic E-state index is 11.3. The number of hydrogen-bond donors (Lipinski definition) is 2. The van der Waals surface area contributed by atoms with E-state index in [1.807, 2.05) is 6.07 Å². The van der Waals surface area contributed by atoms with Crippen molar-refractivity contribution in [2.45, 2.75) is 63.5 Å². The van der Waals surface area contributed by atoms with Crippen LogP contribution < -0.4 is 5.32 Å². The largest absolute Gasteiger partial charge is 0.480 e. The zero-order chi connectivity index (χ0) is 14.4. The molecule has 20 heavy (non-hydrogen) atoms. The van der Waals surface area contributed by atoms with E-state index in [-0.39, 0.29) is 6.04 Å². The standard InChI is InChI=1S/C17H25NO2/c1-2-3-9-16(17(19)20)18-15-11-10-14(12-15)13-7-5-4-6-8-13/h4-8,14-16,18H,2-3,9-12H2,1H3,(H,19,20)/t14?,15?,16-/m0/s1. The first-order valence-electron chi connectivity index (χ1n) is 7.74. The minimum absolute atomic E-state index is 0.346. The van der Waals surface area contributed by atoms with Crippen LogP contribution in [0.25, 0.3) is 0 Å². The van der Waals surface area contributed by atoms with E-state index in [2.05, 4.69) is 36.5 Å². The number of carbonyl (C=O) groups is 1. The van der Waals surface area contributed by atoms with Crippen molar-refractivity contribution < 1.29 is 9.90 Å². The fraction of sp³-hybridized carbons (Fsp3) is 0.588. The van der Waals surface area contributed by atoms with Crippen LogP contribution >= 0.6 is 0 Å². The SMILES string of the molecule is CCCC[C@H](NC1CCC(c2ccccc2)C1)C(=O)O. The van der Waals surface area contributed by atoms with Crippen LogP contribution in [-0.4, -0.2) is 23.2 Å². The molecule has 2 N–H and O–H groups in total. The summed E-state index contributed by atoms with van der Waals surface area (Å²) in [6.45, 7) is 2.10. The molecule has 0 aliphatic heterocycles. The van der Waals surface area contributed by atoms with Crippen LogP contribution in [0.3, 0.4) is 0 Å². The molecule has 0 heterocycles. The Morgan fingerprint density at radius 2 is 2.10 bits per heavy atom. The van der Waals surface area contributed by atoms with E-state index in [0.717, 1.165) is 38.5 Å². The van der Waals surface area contributed by atoms with Gasteiger partial charge in [-0.2, -0.15) is 0 Å². The molecular formula is C17H25NO2. The van der Waals surface area contributed by atoms with Gasteiger partial charge in [0, 0.05) is 6.04 Å². The zero-order valence-electron chi connectivity index (χ0n) is 12.2. The van der Waals surface area contributed by atoms with E-state index in [0.29, 0.717) is 12.0 Å². The molecule has 0 aromatic heterocycles. The van der Waals surface area contributed by atoms with Gasteiger partial charge in [-0.1, -0.05) is 50.1 Å². The van der Waals surface area contributed by atoms with Crippen LogP contribution in [0, 0.1) is 0 Å². The van der Waals surface area contributed by atoms with E-state index in [4.69, 9.17) is 0 Å². The lowest BCUT2D eigenvalue weighted by atomic mass is 9.97. The predicted molar refractivity (Wildman–Crippen MR) is 80.9 cm³/mol. The van der Waals surface area contributed by atoms with Crippen LogP contribution in [0.1, 0.15) is 56.9 Å². The first kappa shape index (κ1) is 15.0. The summed E-state index contributed by atoms with van der Waals surface area (Å²) in [4.78, 5) is 11.3. The smallest absolute Gasteiger partial charge is 0.320 e. The van der Waals surface area contributed by atoms with Crippen LogP contribution in [0.2, 0.25) is 0 Å². The van der Waals surface area contributed by atoms with Crippen LogP contribution in [0.4, 0.5) is 0 Å². The van der Waals surface area contributed by atoms with E-state index in [9.17, 15) is 9.90 Å². The Bertz CT molecular complexity index is 418. The molecule has 1 aromatic carbocycles. The zero-order valence-corrected chi connectivity index (χ0v) is 12.2. The second kappa shape index (κ2) is 7.44. The van der Waals surface area contributed by atoms with Crippen molar-refractivity contribution in [3.63, 3.8) is 0 Å². The Labute approximate surface area is 121 Å². The highest BCUT2D eigenvalue weighted by molar-refractivity contribution is 5.73. The van der Waals surface area contributed by atoms with Crippen molar-refractivity contribution in [3.8, 4) is 0 Å². The summed E-state index contributed by atoms with van der Waals surface area (Å²) in [5, 5.41) is 12.6. The summed E-state index contributed by atoms with van der Waals surface area (Å²) in [5.41, 5.74) is 1.39. The molecule has 2 rings (SSSR count). The quantitative estimate of drug-likeness (QED) is 0.800. The molecule has 1 aliphatic carbocycles. The number of rotatable bonds is 7. The number of hydrogen-bond acceptors (Lipinski definition) is 2. The molecule has 2 unspecified atom stereocenters. The molecule has 3 atom stereocenters. The lowest BCUT2D eigenvalue weighted by Crippen LogP contribution is -2.42. The second-order valence-electron chi connectivity index (χ2n) is 5.82. The normalized spacial score (nSPS) is 23.6. The highest BCUT2D eigenvalue weighted by Gasteiger charge is 2.29. The van der Waals surface area contributed by atoms with Crippen LogP contribution in [-0.2, 0) is 4.79 Å². The Morgan fingerprint density at radius 3 is 2.75 bits per heavy atom. The lowest BCUT2D eigenvalue weighted by Gasteiger charge is -2.19. The molecular weight excluding hydrogens is 250 g/mol. The molecule has 1 aromatic rings. The average Bonchev–Trinajstić information content (AvgIpc) is 2.92. The Hall–Kier alpha value is -1.35. The average molecular weight is 275 g/mol. The third-order valence-corrected chi connectivity index (χ3v) is 4.28. The van der Waals surface area contributed by atoms with Gasteiger partial charge in [0.05, 0.1) is 0 Å². The molecule has 1 fully saturated rings. The topological polar surface area (TPSA) is 49.3 Å². The number of benzene rings is 1. The Balaban J connectivity index is 1.87. The van der Waals surface area contributed by atoms with Gasteiger partial charge in [0.25, 0.3) is 0 Å². The molecule has 0 spiro atoms. The highest BCUT2D eigenvalue weighted by Crippen LogP contribution is 2.34. The van der Waals surface area contributed by atoms with Gasteiger partial charge in [-0.05, 0) is 37.2 Å². The lowest BCUT2D eigenvalue weighted by molar-refractivity contribution is -0.139. The summed E-state index contributed by atoms with van der Waals surface area (Å²) >= 11 is 0. The molecule has 1 aliphatic rings. The molecule has 0 radical (unpaired) electrons. The fourth-order valence-corrected chi connectivity index (χ4v) is 3.13. The summed E-state index contributed by atoms with van der Waals surface area (Å²) in [7, 11) is 0. The second-order valence-corrected chi connectivity index (χ2v) is 5.82. The number of carboxylic acid groups (broad SMARTS) is 1. The van der Waals surface area contributed by atoms with Gasteiger partial charge in [-0.3, -0.25) is 4.79 Å². The number of carboxylic acids is 1. The van der Waals surface area contributed by atoms with Gasteiger partial charge in [0.2, 0.25) is 0 Å². The summed E-state index contributed by atoms with van der Waals surface area (Å²) in [5.74, 6) is -0.129. The highest BCUT2D eigenvalue weighted by atomic mass is 16.4. The first-order valence-corrected chi connectivity index (χ1v) is 7.74. The van der Waals surface area contributed by atoms with Crippen LogP contribution in [0.15, 0.2) is 30.3 Å². The molecule has 0 amide bonds. The van der Waals surface area contributed by atoms with Gasteiger partial charge in [0.1, 0.15) is 6.04 Å². The molecule has 1 saturated carbocycles. The number of aliphatic carboxylic acids is 1. The maximum Gasteiger partial charge on any atom is 0.320 e. The fourth-order valence-electron chi connectivity index (χ4n) is 3.13. The van der Waals surface area contributed by atoms with Crippen molar-refractivity contribution in [1.29, 1.82) is 0 Å². The molecule has 0 saturated heterocycles. The van der Waals surface area contributed by atoms with Crippen molar-refractivity contribution in [2.75, 3.05) is 0 Å². The van der Waals surface area contributed by atoms with Crippen molar-refractivity contribution in [2.24, 2.45) is 0 Å². The third kappa shape index (κ3) is 4.07. The van der Waals surface area contributed by atoms with Crippen molar-refractivity contribution in [3.05, 3.63) is 35.9 Å². The molecule has 110 valence electrons. The molecule has 0 bridgehead atoms. The molecule has 3 heteroatoms. The number of nitrogens with one attached hydrogen (secondary N) is 1. The van der Waals surface area contributed by atoms with E-state index in [1.165, 1.54) is 5.56 Å². The van der Waals surface area contributed by atoms with Crippen molar-refractivity contribution in [1.82, 2.24) is 5.32 Å². The minimum Gasteiger partial charge on any atom is -0.480 e. The maximum absolute atomic E-state index is 11.3. The van der Waals surface area contributed by atoms with Gasteiger partial charge >= 0.3 is 5.97 Å². The monoisotopic (exact) mass is 275 g/mol. The summed E-state index contributed by atoms with van der Waals surface area (Å²) in [6.07, 6.45) is 6.04. The minimum atomic E-state index is -0.707. The van der Waals surface area contributed by atoms with E-state index < -0.39 is 5.97 Å². The van der Waals surface area contributed by atoms with Gasteiger partial charge in [-0.25, -0.2) is 0 Å². The Kier molecular flexibility index (Phi) is 5.60. The van der Waals surface area contributed by atoms with Crippen LogP contribution in [0.5, 0.6) is 0 Å². The van der Waals surface area contributed by atoms with Gasteiger partial charge in [0.15, 0.2) is 0 Å². The Morgan fingerprint density at radius 1 is 1.35 bits per heavy atom. The van der Waals surface area contributed by atoms with Gasteiger partial charge < -0.3 is 10.4 Å². The molecule has 3 nitrogen and oxygen atoms in total. The first-order chi connectivity index (χ1) is 9.70. The van der Waals surface area contributed by atoms with E-state index >= 15 is 0 Å². The van der Waals surface area contributed by atoms with Crippen molar-refractivity contribution >= 4 is 5.97 Å².